The zero-order chi connectivity index (χ0) is 13.8. The molecule has 1 atom stereocenters. The van der Waals surface area contributed by atoms with Crippen LogP contribution in [0, 0.1) is 0 Å². The third-order valence-electron chi connectivity index (χ3n) is 2.59. The molecule has 0 fully saturated rings. The molecule has 102 valence electrons. The summed E-state index contributed by atoms with van der Waals surface area (Å²) in [5.41, 5.74) is 0.721. The molecule has 2 aromatic rings. The minimum atomic E-state index is -0.600. The normalized spacial score (nSPS) is 12.4. The Morgan fingerprint density at radius 3 is 2.74 bits per heavy atom. The smallest absolute Gasteiger partial charge is 0.253 e. The SMILES string of the molecule is CCc1nnc(COc2cc(Br)ccc2[C@H](C)O)o1. The summed E-state index contributed by atoms with van der Waals surface area (Å²) in [5.74, 6) is 1.61. The molecule has 19 heavy (non-hydrogen) atoms. The molecular weight excluding hydrogens is 312 g/mol. The van der Waals surface area contributed by atoms with Gasteiger partial charge in [0.25, 0.3) is 5.89 Å². The number of aryl methyl sites for hydroxylation is 1. The summed E-state index contributed by atoms with van der Waals surface area (Å²) in [6, 6.07) is 5.48. The first-order valence-corrected chi connectivity index (χ1v) is 6.81. The maximum atomic E-state index is 9.69. The monoisotopic (exact) mass is 326 g/mol. The maximum absolute atomic E-state index is 9.69. The first-order valence-electron chi connectivity index (χ1n) is 6.01. The van der Waals surface area contributed by atoms with E-state index in [1.807, 2.05) is 19.1 Å². The van der Waals surface area contributed by atoms with Gasteiger partial charge in [0, 0.05) is 16.5 Å². The highest BCUT2D eigenvalue weighted by molar-refractivity contribution is 9.10. The molecule has 0 saturated carbocycles. The van der Waals surface area contributed by atoms with Crippen LogP contribution in [0.1, 0.15) is 37.3 Å². The molecule has 0 aliphatic rings. The second kappa shape index (κ2) is 6.16. The molecule has 0 saturated heterocycles. The fraction of sp³-hybridized carbons (Fsp3) is 0.385. The van der Waals surface area contributed by atoms with E-state index in [1.54, 1.807) is 13.0 Å². The van der Waals surface area contributed by atoms with Gasteiger partial charge in [0.15, 0.2) is 6.61 Å². The molecule has 1 N–H and O–H groups in total. The van der Waals surface area contributed by atoms with Crippen molar-refractivity contribution >= 4 is 15.9 Å². The summed E-state index contributed by atoms with van der Waals surface area (Å²) in [7, 11) is 0. The number of hydrogen-bond donors (Lipinski definition) is 1. The Labute approximate surface area is 119 Å². The van der Waals surface area contributed by atoms with E-state index < -0.39 is 6.10 Å². The van der Waals surface area contributed by atoms with Crippen molar-refractivity contribution in [2.45, 2.75) is 33.0 Å². The van der Waals surface area contributed by atoms with Crippen molar-refractivity contribution in [1.82, 2.24) is 10.2 Å². The first kappa shape index (κ1) is 14.0. The van der Waals surface area contributed by atoms with E-state index in [0.29, 0.717) is 24.0 Å². The fourth-order valence-electron chi connectivity index (χ4n) is 1.61. The molecule has 5 nitrogen and oxygen atoms in total. The second-order valence-electron chi connectivity index (χ2n) is 4.09. The third-order valence-corrected chi connectivity index (χ3v) is 3.08. The lowest BCUT2D eigenvalue weighted by atomic mass is 10.1. The molecule has 2 rings (SSSR count). The minimum absolute atomic E-state index is 0.184. The molecule has 0 spiro atoms. The van der Waals surface area contributed by atoms with Gasteiger partial charge in [0.05, 0.1) is 6.10 Å². The number of benzene rings is 1. The standard InChI is InChI=1S/C13H15BrN2O3/c1-3-12-15-16-13(19-12)7-18-11-6-9(14)4-5-10(11)8(2)17/h4-6,8,17H,3,7H2,1-2H3/t8-/m0/s1. The second-order valence-corrected chi connectivity index (χ2v) is 5.01. The summed E-state index contributed by atoms with van der Waals surface area (Å²) < 4.78 is 11.9. The van der Waals surface area contributed by atoms with E-state index in [9.17, 15) is 5.11 Å². The number of halogens is 1. The van der Waals surface area contributed by atoms with Crippen molar-refractivity contribution in [2.75, 3.05) is 0 Å². The first-order chi connectivity index (χ1) is 9.10. The number of hydrogen-bond acceptors (Lipinski definition) is 5. The lowest BCUT2D eigenvalue weighted by Crippen LogP contribution is -2.01. The van der Waals surface area contributed by atoms with Gasteiger partial charge in [0.1, 0.15) is 5.75 Å². The van der Waals surface area contributed by atoms with Gasteiger partial charge in [-0.2, -0.15) is 0 Å². The zero-order valence-corrected chi connectivity index (χ0v) is 12.3. The van der Waals surface area contributed by atoms with E-state index in [-0.39, 0.29) is 6.61 Å². The van der Waals surface area contributed by atoms with Gasteiger partial charge in [-0.1, -0.05) is 28.9 Å². The molecule has 1 heterocycles. The van der Waals surface area contributed by atoms with Crippen LogP contribution in [0.3, 0.4) is 0 Å². The fourth-order valence-corrected chi connectivity index (χ4v) is 1.95. The van der Waals surface area contributed by atoms with Crippen LogP contribution in [0.2, 0.25) is 0 Å². The summed E-state index contributed by atoms with van der Waals surface area (Å²) in [6.07, 6.45) is 0.0972. The molecule has 0 aliphatic heterocycles. The van der Waals surface area contributed by atoms with E-state index in [2.05, 4.69) is 26.1 Å². The highest BCUT2D eigenvalue weighted by Gasteiger charge is 2.11. The van der Waals surface area contributed by atoms with Gasteiger partial charge in [0.2, 0.25) is 5.89 Å². The predicted molar refractivity (Wildman–Crippen MR) is 72.8 cm³/mol. The van der Waals surface area contributed by atoms with Crippen molar-refractivity contribution in [3.8, 4) is 5.75 Å². The molecule has 0 amide bonds. The molecule has 0 unspecified atom stereocenters. The van der Waals surface area contributed by atoms with Crippen molar-refractivity contribution in [2.24, 2.45) is 0 Å². The molecule has 0 bridgehead atoms. The average Bonchev–Trinajstić information content (AvgIpc) is 2.84. The number of aliphatic hydroxyl groups is 1. The van der Waals surface area contributed by atoms with E-state index in [4.69, 9.17) is 9.15 Å². The van der Waals surface area contributed by atoms with Crippen LogP contribution in [0.5, 0.6) is 5.75 Å². The van der Waals surface area contributed by atoms with E-state index in [0.717, 1.165) is 10.0 Å². The largest absolute Gasteiger partial charge is 0.483 e. The molecule has 1 aromatic heterocycles. The molecule has 1 aromatic carbocycles. The van der Waals surface area contributed by atoms with Crippen molar-refractivity contribution in [3.05, 3.63) is 40.0 Å². The van der Waals surface area contributed by atoms with Crippen molar-refractivity contribution in [3.63, 3.8) is 0 Å². The lowest BCUT2D eigenvalue weighted by Gasteiger charge is -2.12. The average molecular weight is 327 g/mol. The topological polar surface area (TPSA) is 68.4 Å². The van der Waals surface area contributed by atoms with Crippen LogP contribution in [-0.2, 0) is 13.0 Å². The number of ether oxygens (including phenoxy) is 1. The number of nitrogens with zero attached hydrogens (tertiary/aromatic N) is 2. The number of aromatic nitrogens is 2. The van der Waals surface area contributed by atoms with Crippen LogP contribution in [0.25, 0.3) is 0 Å². The van der Waals surface area contributed by atoms with Gasteiger partial charge in [-0.25, -0.2) is 0 Å². The Bertz CT molecular complexity index is 555. The predicted octanol–water partition coefficient (Wildman–Crippen LogP) is 3.03. The van der Waals surface area contributed by atoms with E-state index in [1.165, 1.54) is 0 Å². The summed E-state index contributed by atoms with van der Waals surface area (Å²) in [5, 5.41) is 17.4. The lowest BCUT2D eigenvalue weighted by molar-refractivity contribution is 0.186. The Kier molecular flexibility index (Phi) is 4.55. The van der Waals surface area contributed by atoms with Gasteiger partial charge >= 0.3 is 0 Å². The number of aliphatic hydroxyl groups excluding tert-OH is 1. The van der Waals surface area contributed by atoms with Crippen LogP contribution in [0.15, 0.2) is 27.1 Å². The Hall–Kier alpha value is -1.40. The van der Waals surface area contributed by atoms with Crippen molar-refractivity contribution in [1.29, 1.82) is 0 Å². The van der Waals surface area contributed by atoms with Gasteiger partial charge in [-0.15, -0.1) is 10.2 Å². The zero-order valence-electron chi connectivity index (χ0n) is 10.8. The van der Waals surface area contributed by atoms with E-state index >= 15 is 0 Å². The van der Waals surface area contributed by atoms with Gasteiger partial charge in [-0.05, 0) is 19.1 Å². The van der Waals surface area contributed by atoms with Gasteiger partial charge < -0.3 is 14.3 Å². The third kappa shape index (κ3) is 3.54. The molecule has 0 aliphatic carbocycles. The van der Waals surface area contributed by atoms with Crippen LogP contribution >= 0.6 is 15.9 Å². The van der Waals surface area contributed by atoms with Crippen LogP contribution < -0.4 is 4.74 Å². The molecular formula is C13H15BrN2O3. The Balaban J connectivity index is 2.12. The molecule has 6 heteroatoms. The van der Waals surface area contributed by atoms with Crippen LogP contribution in [-0.4, -0.2) is 15.3 Å². The maximum Gasteiger partial charge on any atom is 0.253 e. The van der Waals surface area contributed by atoms with Gasteiger partial charge in [-0.3, -0.25) is 0 Å². The minimum Gasteiger partial charge on any atom is -0.483 e. The summed E-state index contributed by atoms with van der Waals surface area (Å²) >= 11 is 3.37. The Morgan fingerprint density at radius 2 is 2.11 bits per heavy atom. The van der Waals surface area contributed by atoms with Crippen molar-refractivity contribution < 1.29 is 14.3 Å². The number of rotatable bonds is 5. The summed E-state index contributed by atoms with van der Waals surface area (Å²) in [4.78, 5) is 0. The quantitative estimate of drug-likeness (QED) is 0.914. The highest BCUT2D eigenvalue weighted by Crippen LogP contribution is 2.29. The summed E-state index contributed by atoms with van der Waals surface area (Å²) in [6.45, 7) is 3.82. The highest BCUT2D eigenvalue weighted by atomic mass is 79.9. The Morgan fingerprint density at radius 1 is 1.37 bits per heavy atom. The molecule has 0 radical (unpaired) electrons. The van der Waals surface area contributed by atoms with Crippen LogP contribution in [0.4, 0.5) is 0 Å².